The summed E-state index contributed by atoms with van der Waals surface area (Å²) in [5.74, 6) is 1.21. The van der Waals surface area contributed by atoms with Gasteiger partial charge in [0.05, 0.1) is 6.20 Å². The number of aromatic nitrogens is 3. The zero-order valence-electron chi connectivity index (χ0n) is 13.1. The molecule has 0 spiro atoms. The summed E-state index contributed by atoms with van der Waals surface area (Å²) in [6.07, 6.45) is 2.48. The normalized spacial score (nSPS) is 10.4. The van der Waals surface area contributed by atoms with Crippen molar-refractivity contribution in [1.29, 1.82) is 0 Å². The molecule has 0 saturated carbocycles. The van der Waals surface area contributed by atoms with E-state index in [0.717, 1.165) is 18.0 Å². The molecule has 0 atom stereocenters. The van der Waals surface area contributed by atoms with Crippen LogP contribution in [0.1, 0.15) is 11.1 Å². The molecule has 0 saturated heterocycles. The van der Waals surface area contributed by atoms with E-state index in [1.807, 2.05) is 42.5 Å². The highest BCUT2D eigenvalue weighted by molar-refractivity contribution is 6.30. The van der Waals surface area contributed by atoms with E-state index >= 15 is 0 Å². The van der Waals surface area contributed by atoms with Crippen LogP contribution in [0.2, 0.25) is 5.02 Å². The molecule has 3 rings (SSSR count). The second-order valence-electron chi connectivity index (χ2n) is 5.31. The molecule has 0 aliphatic carbocycles. The first-order chi connectivity index (χ1) is 11.8. The van der Waals surface area contributed by atoms with Crippen molar-refractivity contribution in [3.05, 3.63) is 76.9 Å². The van der Waals surface area contributed by atoms with Gasteiger partial charge in [-0.15, -0.1) is 5.10 Å². The highest BCUT2D eigenvalue weighted by Gasteiger charge is 2.01. The van der Waals surface area contributed by atoms with Crippen LogP contribution < -0.4 is 10.6 Å². The predicted molar refractivity (Wildman–Crippen MR) is 97.2 cm³/mol. The summed E-state index contributed by atoms with van der Waals surface area (Å²) in [4.78, 5) is 4.42. The zero-order chi connectivity index (χ0) is 16.6. The minimum atomic E-state index is 0.516. The average Bonchev–Trinajstić information content (AvgIpc) is 2.63. The summed E-state index contributed by atoms with van der Waals surface area (Å²) in [5.41, 5.74) is 2.39. The van der Waals surface area contributed by atoms with Crippen molar-refractivity contribution >= 4 is 23.4 Å². The maximum atomic E-state index is 5.88. The molecule has 2 N–H and O–H groups in total. The third-order valence-electron chi connectivity index (χ3n) is 3.49. The van der Waals surface area contributed by atoms with E-state index in [1.165, 1.54) is 11.1 Å². The van der Waals surface area contributed by atoms with Crippen LogP contribution in [0.3, 0.4) is 0 Å². The van der Waals surface area contributed by atoms with Crippen molar-refractivity contribution in [2.24, 2.45) is 0 Å². The lowest BCUT2D eigenvalue weighted by atomic mass is 10.1. The number of nitrogens with one attached hydrogen (secondary N) is 2. The predicted octanol–water partition coefficient (Wildman–Crippen LogP) is 3.79. The Morgan fingerprint density at radius 3 is 2.46 bits per heavy atom. The Morgan fingerprint density at radius 2 is 1.67 bits per heavy atom. The van der Waals surface area contributed by atoms with Crippen LogP contribution in [0, 0.1) is 0 Å². The van der Waals surface area contributed by atoms with Gasteiger partial charge in [-0.25, -0.2) is 0 Å². The monoisotopic (exact) mass is 339 g/mol. The second kappa shape index (κ2) is 8.26. The number of nitrogens with zero attached hydrogens (tertiary/aromatic N) is 3. The van der Waals surface area contributed by atoms with Crippen LogP contribution in [0.15, 0.2) is 60.8 Å². The van der Waals surface area contributed by atoms with Crippen molar-refractivity contribution in [2.75, 3.05) is 17.2 Å². The van der Waals surface area contributed by atoms with E-state index in [9.17, 15) is 0 Å². The van der Waals surface area contributed by atoms with Gasteiger partial charge >= 0.3 is 0 Å². The van der Waals surface area contributed by atoms with Crippen molar-refractivity contribution in [1.82, 2.24) is 15.2 Å². The number of rotatable bonds is 7. The molecule has 3 aromatic rings. The molecule has 0 unspecified atom stereocenters. The Kier molecular flexibility index (Phi) is 5.58. The summed E-state index contributed by atoms with van der Waals surface area (Å²) in [5, 5.41) is 15.2. The minimum absolute atomic E-state index is 0.516. The smallest absolute Gasteiger partial charge is 0.244 e. The molecule has 0 aliphatic heterocycles. The molecule has 0 radical (unpaired) electrons. The van der Waals surface area contributed by atoms with E-state index in [4.69, 9.17) is 11.6 Å². The molecule has 6 heteroatoms. The molecular weight excluding hydrogens is 322 g/mol. The molecule has 1 heterocycles. The third-order valence-corrected chi connectivity index (χ3v) is 3.74. The minimum Gasteiger partial charge on any atom is -0.365 e. The third kappa shape index (κ3) is 4.93. The van der Waals surface area contributed by atoms with Crippen LogP contribution in [0.5, 0.6) is 0 Å². The first-order valence-electron chi connectivity index (χ1n) is 7.75. The number of hydrogen-bond acceptors (Lipinski definition) is 5. The van der Waals surface area contributed by atoms with Gasteiger partial charge in [0.25, 0.3) is 0 Å². The Morgan fingerprint density at radius 1 is 0.875 bits per heavy atom. The Labute approximate surface area is 146 Å². The SMILES string of the molecule is Clc1ccc(CCNc2nncc(NCc3ccccc3)n2)cc1. The van der Waals surface area contributed by atoms with Crippen LogP contribution in [0.4, 0.5) is 11.8 Å². The lowest BCUT2D eigenvalue weighted by Crippen LogP contribution is -2.10. The maximum Gasteiger partial charge on any atom is 0.244 e. The summed E-state index contributed by atoms with van der Waals surface area (Å²) < 4.78 is 0. The van der Waals surface area contributed by atoms with Gasteiger partial charge in [0.2, 0.25) is 5.95 Å². The average molecular weight is 340 g/mol. The molecule has 122 valence electrons. The van der Waals surface area contributed by atoms with Gasteiger partial charge in [-0.2, -0.15) is 10.1 Å². The largest absolute Gasteiger partial charge is 0.365 e. The van der Waals surface area contributed by atoms with Gasteiger partial charge in [-0.3, -0.25) is 0 Å². The fraction of sp³-hybridized carbons (Fsp3) is 0.167. The van der Waals surface area contributed by atoms with Gasteiger partial charge in [0.1, 0.15) is 0 Å². The van der Waals surface area contributed by atoms with Crippen molar-refractivity contribution < 1.29 is 0 Å². The molecule has 0 aliphatic rings. The molecule has 1 aromatic heterocycles. The molecule has 24 heavy (non-hydrogen) atoms. The van der Waals surface area contributed by atoms with E-state index < -0.39 is 0 Å². The quantitative estimate of drug-likeness (QED) is 0.685. The fourth-order valence-corrected chi connectivity index (χ4v) is 2.35. The van der Waals surface area contributed by atoms with Gasteiger partial charge < -0.3 is 10.6 Å². The molecular formula is C18H18ClN5. The molecule has 2 aromatic carbocycles. The molecule has 0 fully saturated rings. The van der Waals surface area contributed by atoms with Gasteiger partial charge in [-0.1, -0.05) is 54.1 Å². The van der Waals surface area contributed by atoms with Crippen LogP contribution in [-0.2, 0) is 13.0 Å². The number of halogens is 1. The highest BCUT2D eigenvalue weighted by atomic mass is 35.5. The fourth-order valence-electron chi connectivity index (χ4n) is 2.22. The number of hydrogen-bond donors (Lipinski definition) is 2. The van der Waals surface area contributed by atoms with E-state index in [1.54, 1.807) is 6.20 Å². The molecule has 0 bridgehead atoms. The van der Waals surface area contributed by atoms with Gasteiger partial charge in [0.15, 0.2) is 5.82 Å². The Hall–Kier alpha value is -2.66. The Balaban J connectivity index is 1.50. The molecule has 0 amide bonds. The van der Waals surface area contributed by atoms with Crippen LogP contribution >= 0.6 is 11.6 Å². The number of anilines is 2. The summed E-state index contributed by atoms with van der Waals surface area (Å²) in [6.45, 7) is 1.43. The highest BCUT2D eigenvalue weighted by Crippen LogP contribution is 2.10. The maximum absolute atomic E-state index is 5.88. The van der Waals surface area contributed by atoms with Crippen molar-refractivity contribution in [3.63, 3.8) is 0 Å². The van der Waals surface area contributed by atoms with E-state index in [-0.39, 0.29) is 0 Å². The van der Waals surface area contributed by atoms with E-state index in [2.05, 4.69) is 37.9 Å². The number of benzene rings is 2. The van der Waals surface area contributed by atoms with Crippen molar-refractivity contribution in [2.45, 2.75) is 13.0 Å². The first kappa shape index (κ1) is 16.2. The topological polar surface area (TPSA) is 62.7 Å². The molecule has 5 nitrogen and oxygen atoms in total. The second-order valence-corrected chi connectivity index (χ2v) is 5.74. The lowest BCUT2D eigenvalue weighted by Gasteiger charge is -2.08. The zero-order valence-corrected chi connectivity index (χ0v) is 13.9. The van der Waals surface area contributed by atoms with E-state index in [0.29, 0.717) is 18.3 Å². The summed E-state index contributed by atoms with van der Waals surface area (Å²) in [6, 6.07) is 18.0. The lowest BCUT2D eigenvalue weighted by molar-refractivity contribution is 0.921. The van der Waals surface area contributed by atoms with Crippen LogP contribution in [0.25, 0.3) is 0 Å². The first-order valence-corrected chi connectivity index (χ1v) is 8.13. The Bertz CT molecular complexity index is 762. The summed E-state index contributed by atoms with van der Waals surface area (Å²) in [7, 11) is 0. The summed E-state index contributed by atoms with van der Waals surface area (Å²) >= 11 is 5.88. The van der Waals surface area contributed by atoms with Gasteiger partial charge in [0, 0.05) is 18.1 Å². The van der Waals surface area contributed by atoms with Gasteiger partial charge in [-0.05, 0) is 29.7 Å². The van der Waals surface area contributed by atoms with Crippen molar-refractivity contribution in [3.8, 4) is 0 Å². The standard InChI is InChI=1S/C18H18ClN5/c19-16-8-6-14(7-9-16)10-11-20-18-23-17(13-22-24-18)21-12-15-4-2-1-3-5-15/h1-9,13H,10-12H2,(H2,20,21,23,24). The van der Waals surface area contributed by atoms with Crippen LogP contribution in [-0.4, -0.2) is 21.7 Å².